The average Bonchev–Trinajstić information content (AvgIpc) is 2.34. The summed E-state index contributed by atoms with van der Waals surface area (Å²) in [6.07, 6.45) is 0. The second kappa shape index (κ2) is 5.39. The quantitative estimate of drug-likeness (QED) is 0.775. The topological polar surface area (TPSA) is 24.1 Å². The Hall–Kier alpha value is -1.96. The predicted octanol–water partition coefficient (Wildman–Crippen LogP) is 3.78. The lowest BCUT2D eigenvalue weighted by molar-refractivity contribution is 1.21. The van der Waals surface area contributed by atoms with Gasteiger partial charge < -0.3 is 10.6 Å². The Balaban J connectivity index is 1.83. The van der Waals surface area contributed by atoms with E-state index in [-0.39, 0.29) is 0 Å². The van der Waals surface area contributed by atoms with E-state index >= 15 is 0 Å². The van der Waals surface area contributed by atoms with Crippen molar-refractivity contribution in [1.29, 1.82) is 0 Å². The summed E-state index contributed by atoms with van der Waals surface area (Å²) in [6.45, 7) is 4.91. The first-order valence-electron chi connectivity index (χ1n) is 5.85. The molecule has 2 rings (SSSR count). The van der Waals surface area contributed by atoms with E-state index in [1.165, 1.54) is 11.1 Å². The number of hydrogen-bond donors (Lipinski definition) is 2. The molecule has 0 radical (unpaired) electrons. The van der Waals surface area contributed by atoms with Crippen LogP contribution in [0.5, 0.6) is 0 Å². The van der Waals surface area contributed by atoms with Crippen LogP contribution in [0.25, 0.3) is 0 Å². The zero-order valence-electron chi connectivity index (χ0n) is 10.3. The highest BCUT2D eigenvalue weighted by Crippen LogP contribution is 2.10. The van der Waals surface area contributed by atoms with Crippen LogP contribution in [0.15, 0.2) is 48.5 Å². The number of benzene rings is 2. The smallest absolute Gasteiger partial charge is 0.0849 e. The van der Waals surface area contributed by atoms with E-state index in [9.17, 15) is 0 Å². The molecular formula is C15H18N2. The first kappa shape index (κ1) is 11.5. The van der Waals surface area contributed by atoms with E-state index < -0.39 is 0 Å². The highest BCUT2D eigenvalue weighted by Gasteiger charge is 1.92. The van der Waals surface area contributed by atoms with Crippen molar-refractivity contribution in [3.63, 3.8) is 0 Å². The maximum absolute atomic E-state index is 3.32. The highest BCUT2D eigenvalue weighted by molar-refractivity contribution is 5.48. The van der Waals surface area contributed by atoms with Gasteiger partial charge in [0.1, 0.15) is 0 Å². The van der Waals surface area contributed by atoms with Gasteiger partial charge in [0, 0.05) is 11.4 Å². The van der Waals surface area contributed by atoms with Gasteiger partial charge >= 0.3 is 0 Å². The van der Waals surface area contributed by atoms with Gasteiger partial charge in [-0.1, -0.05) is 35.4 Å². The molecule has 0 unspecified atom stereocenters. The summed E-state index contributed by atoms with van der Waals surface area (Å²) in [6, 6.07) is 16.8. The van der Waals surface area contributed by atoms with Gasteiger partial charge in [-0.2, -0.15) is 0 Å². The van der Waals surface area contributed by atoms with Crippen LogP contribution in [0.2, 0.25) is 0 Å². The summed E-state index contributed by atoms with van der Waals surface area (Å²) < 4.78 is 0. The molecule has 0 aliphatic carbocycles. The fraction of sp³-hybridized carbons (Fsp3) is 0.200. The van der Waals surface area contributed by atoms with Crippen LogP contribution in [0.3, 0.4) is 0 Å². The maximum atomic E-state index is 3.32. The summed E-state index contributed by atoms with van der Waals surface area (Å²) in [5.74, 6) is 0. The number of hydrogen-bond acceptors (Lipinski definition) is 2. The first-order valence-corrected chi connectivity index (χ1v) is 5.85. The molecule has 0 saturated heterocycles. The Kier molecular flexibility index (Phi) is 3.66. The molecule has 2 heteroatoms. The van der Waals surface area contributed by atoms with Crippen LogP contribution < -0.4 is 10.6 Å². The SMILES string of the molecule is Cc1ccc(NCNc2ccc(C)cc2)cc1. The van der Waals surface area contributed by atoms with Crippen molar-refractivity contribution in [3.8, 4) is 0 Å². The molecule has 0 aliphatic rings. The molecule has 2 aromatic rings. The summed E-state index contributed by atoms with van der Waals surface area (Å²) in [5.41, 5.74) is 4.83. The van der Waals surface area contributed by atoms with Gasteiger partial charge in [-0.05, 0) is 38.1 Å². The maximum Gasteiger partial charge on any atom is 0.0849 e. The minimum Gasteiger partial charge on any atom is -0.368 e. The van der Waals surface area contributed by atoms with Crippen molar-refractivity contribution in [2.45, 2.75) is 13.8 Å². The van der Waals surface area contributed by atoms with Crippen molar-refractivity contribution in [2.75, 3.05) is 17.3 Å². The molecule has 0 heterocycles. The molecule has 88 valence electrons. The lowest BCUT2D eigenvalue weighted by Gasteiger charge is -2.09. The van der Waals surface area contributed by atoms with Gasteiger partial charge in [-0.3, -0.25) is 0 Å². The van der Waals surface area contributed by atoms with Crippen LogP contribution in [-0.2, 0) is 0 Å². The number of nitrogens with one attached hydrogen (secondary N) is 2. The van der Waals surface area contributed by atoms with Gasteiger partial charge in [0.05, 0.1) is 6.67 Å². The first-order chi connectivity index (χ1) is 8.24. The Bertz CT molecular complexity index is 412. The fourth-order valence-corrected chi connectivity index (χ4v) is 1.59. The summed E-state index contributed by atoms with van der Waals surface area (Å²) >= 11 is 0. The van der Waals surface area contributed by atoms with Crippen LogP contribution in [0.4, 0.5) is 11.4 Å². The molecule has 0 bridgehead atoms. The second-order valence-electron chi connectivity index (χ2n) is 4.26. The van der Waals surface area contributed by atoms with Gasteiger partial charge in [0.15, 0.2) is 0 Å². The molecule has 2 N–H and O–H groups in total. The summed E-state index contributed by atoms with van der Waals surface area (Å²) in [5, 5.41) is 6.65. The Morgan fingerprint density at radius 3 is 1.35 bits per heavy atom. The zero-order chi connectivity index (χ0) is 12.1. The van der Waals surface area contributed by atoms with E-state index in [0.29, 0.717) is 0 Å². The van der Waals surface area contributed by atoms with Crippen molar-refractivity contribution in [3.05, 3.63) is 59.7 Å². The van der Waals surface area contributed by atoms with Crippen molar-refractivity contribution in [1.82, 2.24) is 0 Å². The minimum absolute atomic E-state index is 0.728. The van der Waals surface area contributed by atoms with Gasteiger partial charge in [-0.25, -0.2) is 0 Å². The second-order valence-corrected chi connectivity index (χ2v) is 4.26. The van der Waals surface area contributed by atoms with Crippen LogP contribution in [0, 0.1) is 13.8 Å². The third kappa shape index (κ3) is 3.52. The van der Waals surface area contributed by atoms with Crippen molar-refractivity contribution < 1.29 is 0 Å². The highest BCUT2D eigenvalue weighted by atomic mass is 15.1. The third-order valence-corrected chi connectivity index (χ3v) is 2.69. The van der Waals surface area contributed by atoms with Crippen LogP contribution in [-0.4, -0.2) is 6.67 Å². The number of rotatable bonds is 4. The molecule has 17 heavy (non-hydrogen) atoms. The Morgan fingerprint density at radius 1 is 0.647 bits per heavy atom. The molecular weight excluding hydrogens is 208 g/mol. The van der Waals surface area contributed by atoms with E-state index in [0.717, 1.165) is 18.0 Å². The van der Waals surface area contributed by atoms with Gasteiger partial charge in [0.2, 0.25) is 0 Å². The molecule has 0 atom stereocenters. The summed E-state index contributed by atoms with van der Waals surface area (Å²) in [4.78, 5) is 0. The van der Waals surface area contributed by atoms with Crippen LogP contribution in [0.1, 0.15) is 11.1 Å². The largest absolute Gasteiger partial charge is 0.368 e. The Morgan fingerprint density at radius 2 is 1.00 bits per heavy atom. The standard InChI is InChI=1S/C15H18N2/c1-12-3-7-14(8-4-12)16-11-17-15-9-5-13(2)6-10-15/h3-10,16-17H,11H2,1-2H3. The molecule has 0 fully saturated rings. The number of anilines is 2. The zero-order valence-corrected chi connectivity index (χ0v) is 10.3. The van der Waals surface area contributed by atoms with Crippen molar-refractivity contribution >= 4 is 11.4 Å². The third-order valence-electron chi connectivity index (χ3n) is 2.69. The molecule has 0 spiro atoms. The monoisotopic (exact) mass is 226 g/mol. The van der Waals surface area contributed by atoms with E-state index in [2.05, 4.69) is 73.0 Å². The van der Waals surface area contributed by atoms with Gasteiger partial charge in [0.25, 0.3) is 0 Å². The molecule has 2 nitrogen and oxygen atoms in total. The summed E-state index contributed by atoms with van der Waals surface area (Å²) in [7, 11) is 0. The fourth-order valence-electron chi connectivity index (χ4n) is 1.59. The molecule has 2 aromatic carbocycles. The molecule has 0 amide bonds. The number of aryl methyl sites for hydroxylation is 2. The average molecular weight is 226 g/mol. The van der Waals surface area contributed by atoms with E-state index in [1.54, 1.807) is 0 Å². The van der Waals surface area contributed by atoms with Crippen LogP contribution >= 0.6 is 0 Å². The van der Waals surface area contributed by atoms with Gasteiger partial charge in [-0.15, -0.1) is 0 Å². The van der Waals surface area contributed by atoms with E-state index in [4.69, 9.17) is 0 Å². The minimum atomic E-state index is 0.728. The normalized spacial score (nSPS) is 10.0. The lowest BCUT2D eigenvalue weighted by Crippen LogP contribution is -2.11. The Labute approximate surface area is 103 Å². The lowest BCUT2D eigenvalue weighted by atomic mass is 10.2. The van der Waals surface area contributed by atoms with Crippen molar-refractivity contribution in [2.24, 2.45) is 0 Å². The molecule has 0 aliphatic heterocycles. The molecule has 0 saturated carbocycles. The van der Waals surface area contributed by atoms with E-state index in [1.807, 2.05) is 0 Å². The molecule has 0 aromatic heterocycles. The predicted molar refractivity (Wildman–Crippen MR) is 74.5 cm³/mol.